The van der Waals surface area contributed by atoms with Gasteiger partial charge in [0.05, 0.1) is 6.04 Å². The molecule has 0 radical (unpaired) electrons. The lowest BCUT2D eigenvalue weighted by molar-refractivity contribution is -0.139. The summed E-state index contributed by atoms with van der Waals surface area (Å²) in [6, 6.07) is -0.329. The van der Waals surface area contributed by atoms with Crippen molar-refractivity contribution in [2.45, 2.75) is 38.3 Å². The van der Waals surface area contributed by atoms with Crippen LogP contribution < -0.4 is 5.32 Å². The Morgan fingerprint density at radius 3 is 2.80 bits per heavy atom. The zero-order valence-electron chi connectivity index (χ0n) is 9.41. The Balaban J connectivity index is 2.66. The van der Waals surface area contributed by atoms with Gasteiger partial charge >= 0.3 is 5.97 Å². The summed E-state index contributed by atoms with van der Waals surface area (Å²) in [7, 11) is 1.87. The van der Waals surface area contributed by atoms with E-state index in [4.69, 9.17) is 5.11 Å². The van der Waals surface area contributed by atoms with Gasteiger partial charge < -0.3 is 10.4 Å². The number of hydrogen-bond acceptors (Lipinski definition) is 3. The molecule has 0 saturated carbocycles. The molecular formula is C10H18N2O3. The summed E-state index contributed by atoms with van der Waals surface area (Å²) in [6.07, 6.45) is 0.388. The Morgan fingerprint density at radius 2 is 2.27 bits per heavy atom. The van der Waals surface area contributed by atoms with Crippen molar-refractivity contribution in [2.75, 3.05) is 13.6 Å². The SMILES string of the molecule is CN1C(CCC(=O)O)C(=O)NCC1(C)C. The number of likely N-dealkylation sites (N-methyl/N-ethyl adjacent to an activating group) is 1. The van der Waals surface area contributed by atoms with Crippen LogP contribution in [0.1, 0.15) is 26.7 Å². The molecule has 1 aliphatic heterocycles. The van der Waals surface area contributed by atoms with E-state index in [9.17, 15) is 9.59 Å². The quantitative estimate of drug-likeness (QED) is 0.697. The molecular weight excluding hydrogens is 196 g/mol. The molecule has 1 saturated heterocycles. The number of carboxylic acid groups (broad SMARTS) is 1. The van der Waals surface area contributed by atoms with Gasteiger partial charge in [0.2, 0.25) is 5.91 Å². The van der Waals surface area contributed by atoms with Crippen molar-refractivity contribution in [1.29, 1.82) is 0 Å². The van der Waals surface area contributed by atoms with E-state index in [1.54, 1.807) is 0 Å². The normalized spacial score (nSPS) is 26.1. The first-order valence-corrected chi connectivity index (χ1v) is 5.07. The molecule has 86 valence electrons. The van der Waals surface area contributed by atoms with Gasteiger partial charge in [0.1, 0.15) is 0 Å². The average molecular weight is 214 g/mol. The standard InChI is InChI=1S/C10H18N2O3/c1-10(2)6-11-9(15)7(12(10)3)4-5-8(13)14/h7H,4-6H2,1-3H3,(H,11,15)(H,13,14). The molecule has 0 aliphatic carbocycles. The molecule has 15 heavy (non-hydrogen) atoms. The molecule has 0 bridgehead atoms. The van der Waals surface area contributed by atoms with Crippen LogP contribution in [0.5, 0.6) is 0 Å². The van der Waals surface area contributed by atoms with Gasteiger partial charge in [-0.25, -0.2) is 0 Å². The molecule has 1 atom stereocenters. The van der Waals surface area contributed by atoms with Crippen LogP contribution in [0, 0.1) is 0 Å². The average Bonchev–Trinajstić information content (AvgIpc) is 2.12. The molecule has 5 heteroatoms. The highest BCUT2D eigenvalue weighted by molar-refractivity contribution is 5.83. The second kappa shape index (κ2) is 4.18. The summed E-state index contributed by atoms with van der Waals surface area (Å²) in [5.41, 5.74) is -0.114. The fraction of sp³-hybridized carbons (Fsp3) is 0.800. The predicted molar refractivity (Wildman–Crippen MR) is 55.5 cm³/mol. The van der Waals surface area contributed by atoms with E-state index in [0.29, 0.717) is 13.0 Å². The Kier molecular flexibility index (Phi) is 3.34. The van der Waals surface area contributed by atoms with Crippen LogP contribution in [-0.2, 0) is 9.59 Å². The number of nitrogens with one attached hydrogen (secondary N) is 1. The zero-order chi connectivity index (χ0) is 11.6. The Hall–Kier alpha value is -1.10. The van der Waals surface area contributed by atoms with Crippen molar-refractivity contribution in [3.63, 3.8) is 0 Å². The minimum absolute atomic E-state index is 0.0263. The number of nitrogens with zero attached hydrogens (tertiary/aromatic N) is 1. The summed E-state index contributed by atoms with van der Waals surface area (Å²) >= 11 is 0. The van der Waals surface area contributed by atoms with Crippen molar-refractivity contribution >= 4 is 11.9 Å². The monoisotopic (exact) mass is 214 g/mol. The first-order valence-electron chi connectivity index (χ1n) is 5.07. The van der Waals surface area contributed by atoms with E-state index in [1.165, 1.54) is 0 Å². The van der Waals surface area contributed by atoms with Gasteiger partial charge in [0.25, 0.3) is 0 Å². The number of amides is 1. The molecule has 0 aromatic carbocycles. The number of carbonyl (C=O) groups is 2. The summed E-state index contributed by atoms with van der Waals surface area (Å²) in [5.74, 6) is -0.933. The van der Waals surface area contributed by atoms with E-state index < -0.39 is 5.97 Å². The Labute approximate surface area is 89.4 Å². The number of carbonyl (C=O) groups excluding carboxylic acids is 1. The molecule has 1 amide bonds. The largest absolute Gasteiger partial charge is 0.481 e. The minimum Gasteiger partial charge on any atom is -0.481 e. The van der Waals surface area contributed by atoms with Crippen LogP contribution in [0.4, 0.5) is 0 Å². The second-order valence-electron chi connectivity index (χ2n) is 4.59. The van der Waals surface area contributed by atoms with Gasteiger partial charge in [0, 0.05) is 18.5 Å². The lowest BCUT2D eigenvalue weighted by Crippen LogP contribution is -2.63. The molecule has 1 aliphatic rings. The highest BCUT2D eigenvalue weighted by Crippen LogP contribution is 2.21. The predicted octanol–water partition coefficient (Wildman–Crippen LogP) is 0.0600. The van der Waals surface area contributed by atoms with Crippen LogP contribution in [-0.4, -0.2) is 47.1 Å². The molecule has 0 aromatic rings. The molecule has 5 nitrogen and oxygen atoms in total. The maximum Gasteiger partial charge on any atom is 0.303 e. The van der Waals surface area contributed by atoms with Crippen LogP contribution in [0.3, 0.4) is 0 Å². The Morgan fingerprint density at radius 1 is 1.67 bits per heavy atom. The van der Waals surface area contributed by atoms with Gasteiger partial charge in [0.15, 0.2) is 0 Å². The van der Waals surface area contributed by atoms with Gasteiger partial charge in [-0.2, -0.15) is 0 Å². The lowest BCUT2D eigenvalue weighted by atomic mass is 9.94. The van der Waals surface area contributed by atoms with E-state index in [0.717, 1.165) is 0 Å². The molecule has 1 unspecified atom stereocenters. The molecule has 1 heterocycles. The van der Waals surface area contributed by atoms with Crippen molar-refractivity contribution in [3.8, 4) is 0 Å². The van der Waals surface area contributed by atoms with Crippen molar-refractivity contribution in [1.82, 2.24) is 10.2 Å². The van der Waals surface area contributed by atoms with E-state index in [1.807, 2.05) is 25.8 Å². The van der Waals surface area contributed by atoms with Crippen LogP contribution in [0.15, 0.2) is 0 Å². The van der Waals surface area contributed by atoms with Gasteiger partial charge in [-0.1, -0.05) is 0 Å². The highest BCUT2D eigenvalue weighted by Gasteiger charge is 2.38. The summed E-state index contributed by atoms with van der Waals surface area (Å²) < 4.78 is 0. The number of aliphatic carboxylic acids is 1. The first kappa shape index (κ1) is 12.0. The maximum atomic E-state index is 11.6. The van der Waals surface area contributed by atoms with Gasteiger partial charge in [-0.15, -0.1) is 0 Å². The molecule has 2 N–H and O–H groups in total. The summed E-state index contributed by atoms with van der Waals surface area (Å²) in [4.78, 5) is 24.0. The van der Waals surface area contributed by atoms with Crippen molar-refractivity contribution in [3.05, 3.63) is 0 Å². The second-order valence-corrected chi connectivity index (χ2v) is 4.59. The fourth-order valence-electron chi connectivity index (χ4n) is 1.73. The van der Waals surface area contributed by atoms with E-state index in [-0.39, 0.29) is 23.9 Å². The van der Waals surface area contributed by atoms with Gasteiger partial charge in [-0.05, 0) is 27.3 Å². The Bertz CT molecular complexity index is 276. The van der Waals surface area contributed by atoms with E-state index >= 15 is 0 Å². The number of piperazine rings is 1. The van der Waals surface area contributed by atoms with Crippen molar-refractivity contribution in [2.24, 2.45) is 0 Å². The number of carboxylic acids is 1. The molecule has 1 rings (SSSR count). The van der Waals surface area contributed by atoms with Crippen molar-refractivity contribution < 1.29 is 14.7 Å². The molecule has 0 aromatic heterocycles. The van der Waals surface area contributed by atoms with Crippen LogP contribution in [0.2, 0.25) is 0 Å². The first-order chi connectivity index (χ1) is 6.84. The molecule has 0 spiro atoms. The maximum absolute atomic E-state index is 11.6. The highest BCUT2D eigenvalue weighted by atomic mass is 16.4. The van der Waals surface area contributed by atoms with E-state index in [2.05, 4.69) is 5.32 Å². The third-order valence-electron chi connectivity index (χ3n) is 3.05. The molecule has 1 fully saturated rings. The van der Waals surface area contributed by atoms with Gasteiger partial charge in [-0.3, -0.25) is 14.5 Å². The zero-order valence-corrected chi connectivity index (χ0v) is 9.41. The number of rotatable bonds is 3. The summed E-state index contributed by atoms with van der Waals surface area (Å²) in [6.45, 7) is 4.66. The smallest absolute Gasteiger partial charge is 0.303 e. The summed E-state index contributed by atoms with van der Waals surface area (Å²) in [5, 5.41) is 11.4. The number of hydrogen-bond donors (Lipinski definition) is 2. The lowest BCUT2D eigenvalue weighted by Gasteiger charge is -2.44. The van der Waals surface area contributed by atoms with Crippen LogP contribution >= 0.6 is 0 Å². The topological polar surface area (TPSA) is 69.6 Å². The third-order valence-corrected chi connectivity index (χ3v) is 3.05. The fourth-order valence-corrected chi connectivity index (χ4v) is 1.73. The third kappa shape index (κ3) is 2.68. The van der Waals surface area contributed by atoms with Crippen LogP contribution in [0.25, 0.3) is 0 Å². The minimum atomic E-state index is -0.862.